The zero-order valence-electron chi connectivity index (χ0n) is 12.5. The predicted octanol–water partition coefficient (Wildman–Crippen LogP) is 2.96. The fourth-order valence-electron chi connectivity index (χ4n) is 2.34. The number of likely N-dealkylation sites (N-methyl/N-ethyl adjacent to an activating group) is 1. The number of rotatable bonds is 7. The Hall–Kier alpha value is -1.72. The third kappa shape index (κ3) is 4.12. The maximum absolute atomic E-state index is 12.2. The average Bonchev–Trinajstić information content (AvgIpc) is 3.06. The fraction of sp³-hybridized carbons (Fsp3) is 0.375. The number of hydrogen-bond acceptors (Lipinski definition) is 4. The summed E-state index contributed by atoms with van der Waals surface area (Å²) in [5, 5.41) is 5.10. The van der Waals surface area contributed by atoms with E-state index in [1.165, 1.54) is 4.88 Å². The standard InChI is InChI=1S/C16H21N3OS/c1-3-19(4-2)14(15-8-6-10-21-15)12-18-16(20)13-7-5-9-17-11-13/h5-11,14H,3-4,12H2,1-2H3,(H,18,20). The molecular weight excluding hydrogens is 282 g/mol. The van der Waals surface area contributed by atoms with Crippen LogP contribution in [0.25, 0.3) is 0 Å². The molecule has 2 rings (SSSR count). The van der Waals surface area contributed by atoms with Gasteiger partial charge in [0.05, 0.1) is 11.6 Å². The molecule has 112 valence electrons. The summed E-state index contributed by atoms with van der Waals surface area (Å²) in [7, 11) is 0. The first-order valence-corrected chi connectivity index (χ1v) is 8.09. The summed E-state index contributed by atoms with van der Waals surface area (Å²) in [6, 6.07) is 7.96. The van der Waals surface area contributed by atoms with Crippen molar-refractivity contribution in [2.24, 2.45) is 0 Å². The Labute approximate surface area is 129 Å². The molecule has 0 bridgehead atoms. The lowest BCUT2D eigenvalue weighted by atomic mass is 10.2. The first-order chi connectivity index (χ1) is 10.3. The number of nitrogens with one attached hydrogen (secondary N) is 1. The third-order valence-corrected chi connectivity index (χ3v) is 4.48. The van der Waals surface area contributed by atoms with Crippen molar-refractivity contribution in [1.82, 2.24) is 15.2 Å². The summed E-state index contributed by atoms with van der Waals surface area (Å²) in [6.45, 7) is 6.82. The van der Waals surface area contributed by atoms with Gasteiger partial charge in [0.15, 0.2) is 0 Å². The number of pyridine rings is 1. The monoisotopic (exact) mass is 303 g/mol. The van der Waals surface area contributed by atoms with Gasteiger partial charge in [0.1, 0.15) is 0 Å². The number of carbonyl (C=O) groups is 1. The Balaban J connectivity index is 2.04. The molecule has 1 atom stereocenters. The van der Waals surface area contributed by atoms with E-state index in [0.29, 0.717) is 12.1 Å². The summed E-state index contributed by atoms with van der Waals surface area (Å²) in [6.07, 6.45) is 3.26. The molecule has 2 aromatic rings. The maximum Gasteiger partial charge on any atom is 0.252 e. The van der Waals surface area contributed by atoms with Crippen molar-refractivity contribution in [3.63, 3.8) is 0 Å². The number of hydrogen-bond donors (Lipinski definition) is 1. The molecular formula is C16H21N3OS. The van der Waals surface area contributed by atoms with Gasteiger partial charge in [-0.1, -0.05) is 19.9 Å². The second kappa shape index (κ2) is 7.90. The van der Waals surface area contributed by atoms with Crippen molar-refractivity contribution < 1.29 is 4.79 Å². The van der Waals surface area contributed by atoms with E-state index in [1.54, 1.807) is 35.9 Å². The molecule has 1 unspecified atom stereocenters. The van der Waals surface area contributed by atoms with E-state index in [9.17, 15) is 4.79 Å². The zero-order chi connectivity index (χ0) is 15.1. The summed E-state index contributed by atoms with van der Waals surface area (Å²) >= 11 is 1.73. The number of amides is 1. The summed E-state index contributed by atoms with van der Waals surface area (Å²) in [5.41, 5.74) is 0.599. The van der Waals surface area contributed by atoms with Crippen LogP contribution in [-0.4, -0.2) is 35.4 Å². The van der Waals surface area contributed by atoms with Gasteiger partial charge in [-0.2, -0.15) is 0 Å². The van der Waals surface area contributed by atoms with Gasteiger partial charge in [-0.3, -0.25) is 14.7 Å². The highest BCUT2D eigenvalue weighted by Crippen LogP contribution is 2.24. The van der Waals surface area contributed by atoms with E-state index in [2.05, 4.69) is 46.6 Å². The molecule has 0 aromatic carbocycles. The molecule has 0 radical (unpaired) electrons. The molecule has 0 saturated heterocycles. The van der Waals surface area contributed by atoms with E-state index in [-0.39, 0.29) is 11.9 Å². The number of nitrogens with zero attached hydrogens (tertiary/aromatic N) is 2. The molecule has 4 nitrogen and oxygen atoms in total. The first-order valence-electron chi connectivity index (χ1n) is 7.22. The molecule has 2 aromatic heterocycles. The molecule has 0 aliphatic rings. The van der Waals surface area contributed by atoms with Gasteiger partial charge in [0.2, 0.25) is 0 Å². The van der Waals surface area contributed by atoms with Crippen LogP contribution < -0.4 is 5.32 Å². The van der Waals surface area contributed by atoms with Gasteiger partial charge in [-0.15, -0.1) is 11.3 Å². The smallest absolute Gasteiger partial charge is 0.252 e. The highest BCUT2D eigenvalue weighted by Gasteiger charge is 2.19. The van der Waals surface area contributed by atoms with Crippen molar-refractivity contribution in [3.05, 3.63) is 52.5 Å². The van der Waals surface area contributed by atoms with Crippen LogP contribution in [-0.2, 0) is 0 Å². The Bertz CT molecular complexity index is 538. The van der Waals surface area contributed by atoms with E-state index >= 15 is 0 Å². The van der Waals surface area contributed by atoms with E-state index in [0.717, 1.165) is 13.1 Å². The number of thiophene rings is 1. The van der Waals surface area contributed by atoms with Crippen LogP contribution in [0.2, 0.25) is 0 Å². The van der Waals surface area contributed by atoms with Crippen molar-refractivity contribution in [2.75, 3.05) is 19.6 Å². The largest absolute Gasteiger partial charge is 0.350 e. The van der Waals surface area contributed by atoms with Crippen molar-refractivity contribution in [2.45, 2.75) is 19.9 Å². The Morgan fingerprint density at radius 1 is 1.33 bits per heavy atom. The highest BCUT2D eigenvalue weighted by atomic mass is 32.1. The lowest BCUT2D eigenvalue weighted by Crippen LogP contribution is -2.37. The lowest BCUT2D eigenvalue weighted by molar-refractivity contribution is 0.0935. The molecule has 1 N–H and O–H groups in total. The Kier molecular flexibility index (Phi) is 5.90. The van der Waals surface area contributed by atoms with Gasteiger partial charge >= 0.3 is 0 Å². The predicted molar refractivity (Wildman–Crippen MR) is 86.6 cm³/mol. The Morgan fingerprint density at radius 2 is 2.14 bits per heavy atom. The van der Waals surface area contributed by atoms with Crippen molar-refractivity contribution in [1.29, 1.82) is 0 Å². The van der Waals surface area contributed by atoms with Crippen LogP contribution in [0.3, 0.4) is 0 Å². The molecule has 0 aliphatic heterocycles. The Morgan fingerprint density at radius 3 is 2.71 bits per heavy atom. The van der Waals surface area contributed by atoms with E-state index in [4.69, 9.17) is 0 Å². The van der Waals surface area contributed by atoms with Gasteiger partial charge in [0, 0.05) is 23.8 Å². The van der Waals surface area contributed by atoms with Gasteiger partial charge in [-0.05, 0) is 36.7 Å². The minimum Gasteiger partial charge on any atom is -0.350 e. The van der Waals surface area contributed by atoms with Crippen LogP contribution in [0.5, 0.6) is 0 Å². The van der Waals surface area contributed by atoms with Gasteiger partial charge in [-0.25, -0.2) is 0 Å². The normalized spacial score (nSPS) is 12.3. The van der Waals surface area contributed by atoms with Crippen LogP contribution in [0.15, 0.2) is 42.0 Å². The van der Waals surface area contributed by atoms with Crippen LogP contribution in [0.1, 0.15) is 35.1 Å². The molecule has 0 spiro atoms. The number of aromatic nitrogens is 1. The highest BCUT2D eigenvalue weighted by molar-refractivity contribution is 7.10. The van der Waals surface area contributed by atoms with Gasteiger partial charge < -0.3 is 5.32 Å². The van der Waals surface area contributed by atoms with E-state index in [1.807, 2.05) is 0 Å². The molecule has 0 fully saturated rings. The minimum absolute atomic E-state index is 0.0724. The molecule has 5 heteroatoms. The first kappa shape index (κ1) is 15.7. The minimum atomic E-state index is -0.0724. The van der Waals surface area contributed by atoms with E-state index < -0.39 is 0 Å². The SMILES string of the molecule is CCN(CC)C(CNC(=O)c1cccnc1)c1cccs1. The summed E-state index contributed by atoms with van der Waals surface area (Å²) in [5.74, 6) is -0.0724. The molecule has 21 heavy (non-hydrogen) atoms. The van der Waals surface area contributed by atoms with Crippen molar-refractivity contribution in [3.8, 4) is 0 Å². The topological polar surface area (TPSA) is 45.2 Å². The van der Waals surface area contributed by atoms with Crippen LogP contribution in [0, 0.1) is 0 Å². The second-order valence-corrected chi connectivity index (χ2v) is 5.68. The third-order valence-electron chi connectivity index (χ3n) is 3.50. The zero-order valence-corrected chi connectivity index (χ0v) is 13.3. The molecule has 2 heterocycles. The number of carbonyl (C=O) groups excluding carboxylic acids is 1. The molecule has 0 saturated carbocycles. The quantitative estimate of drug-likeness (QED) is 0.855. The fourth-order valence-corrected chi connectivity index (χ4v) is 3.20. The lowest BCUT2D eigenvalue weighted by Gasteiger charge is -2.29. The average molecular weight is 303 g/mol. The van der Waals surface area contributed by atoms with Gasteiger partial charge in [0.25, 0.3) is 5.91 Å². The maximum atomic E-state index is 12.2. The molecule has 1 amide bonds. The molecule has 0 aliphatic carbocycles. The van der Waals surface area contributed by atoms with Crippen LogP contribution >= 0.6 is 11.3 Å². The summed E-state index contributed by atoms with van der Waals surface area (Å²) < 4.78 is 0. The summed E-state index contributed by atoms with van der Waals surface area (Å²) in [4.78, 5) is 19.8. The second-order valence-electron chi connectivity index (χ2n) is 4.70. The van der Waals surface area contributed by atoms with Crippen molar-refractivity contribution >= 4 is 17.2 Å². The van der Waals surface area contributed by atoms with Crippen LogP contribution in [0.4, 0.5) is 0 Å².